The van der Waals surface area contributed by atoms with Crippen molar-refractivity contribution in [1.29, 1.82) is 0 Å². The second-order valence-electron chi connectivity index (χ2n) is 6.02. The van der Waals surface area contributed by atoms with Crippen molar-refractivity contribution in [2.75, 3.05) is 37.3 Å². The lowest BCUT2D eigenvalue weighted by molar-refractivity contribution is -0.116. The van der Waals surface area contributed by atoms with Gasteiger partial charge in [-0.1, -0.05) is 0 Å². The number of methoxy groups -OCH3 is 3. The molecule has 2 aromatic carbocycles. The zero-order valence-corrected chi connectivity index (χ0v) is 16.6. The molecule has 0 aromatic heterocycles. The molecule has 0 radical (unpaired) electrons. The molecule has 8 nitrogen and oxygen atoms in total. The topological polar surface area (TPSA) is 97.9 Å². The van der Waals surface area contributed by atoms with Crippen LogP contribution < -0.4 is 30.2 Å². The van der Waals surface area contributed by atoms with Crippen LogP contribution in [0.5, 0.6) is 17.2 Å². The third kappa shape index (κ3) is 5.29. The van der Waals surface area contributed by atoms with Gasteiger partial charge in [0.2, 0.25) is 11.8 Å². The molecule has 0 aliphatic rings. The molecule has 8 heteroatoms. The molecule has 0 spiro atoms. The average molecular weight is 387 g/mol. The van der Waals surface area contributed by atoms with Gasteiger partial charge in [-0.25, -0.2) is 0 Å². The van der Waals surface area contributed by atoms with Gasteiger partial charge in [-0.15, -0.1) is 0 Å². The maximum Gasteiger partial charge on any atom is 0.246 e. The Morgan fingerprint density at radius 1 is 0.821 bits per heavy atom. The summed E-state index contributed by atoms with van der Waals surface area (Å²) in [5.41, 5.74) is 1.83. The monoisotopic (exact) mass is 387 g/mol. The normalized spacial score (nSPS) is 11.2. The van der Waals surface area contributed by atoms with E-state index in [1.165, 1.54) is 21.1 Å². The lowest BCUT2D eigenvalue weighted by Crippen LogP contribution is -2.31. The first-order chi connectivity index (χ1) is 13.4. The van der Waals surface area contributed by atoms with Crippen LogP contribution in [0.2, 0.25) is 0 Å². The van der Waals surface area contributed by atoms with Crippen LogP contribution in [0.3, 0.4) is 0 Å². The van der Waals surface area contributed by atoms with Crippen LogP contribution in [-0.2, 0) is 9.59 Å². The number of nitrogens with one attached hydrogen (secondary N) is 3. The minimum atomic E-state index is -0.524. The number of benzene rings is 2. The average Bonchev–Trinajstić information content (AvgIpc) is 2.68. The van der Waals surface area contributed by atoms with E-state index in [1.54, 1.807) is 50.4 Å². The molecule has 150 valence electrons. The van der Waals surface area contributed by atoms with Crippen molar-refractivity contribution >= 4 is 28.9 Å². The first-order valence-corrected chi connectivity index (χ1v) is 8.63. The molecule has 2 rings (SSSR count). The van der Waals surface area contributed by atoms with Crippen molar-refractivity contribution in [3.63, 3.8) is 0 Å². The fourth-order valence-electron chi connectivity index (χ4n) is 2.55. The third-order valence-corrected chi connectivity index (χ3v) is 3.94. The Balaban J connectivity index is 2.07. The molecule has 2 aromatic rings. The smallest absolute Gasteiger partial charge is 0.246 e. The Labute approximate surface area is 164 Å². The maximum absolute atomic E-state index is 12.5. The van der Waals surface area contributed by atoms with E-state index < -0.39 is 6.04 Å². The highest BCUT2D eigenvalue weighted by atomic mass is 16.5. The standard InChI is InChI=1S/C20H25N3O5/c1-12(20(25)23-15-7-9-17(26-3)19(11-15)28-5)21-14-6-8-16(22-13(2)24)18(10-14)27-4/h6-12,21H,1-5H3,(H,22,24)(H,23,25). The summed E-state index contributed by atoms with van der Waals surface area (Å²) in [4.78, 5) is 23.7. The summed E-state index contributed by atoms with van der Waals surface area (Å²) in [6.07, 6.45) is 0. The van der Waals surface area contributed by atoms with E-state index in [0.29, 0.717) is 34.3 Å². The Morgan fingerprint density at radius 2 is 1.43 bits per heavy atom. The molecule has 1 atom stereocenters. The van der Waals surface area contributed by atoms with Gasteiger partial charge in [0.05, 0.1) is 27.0 Å². The molecule has 0 bridgehead atoms. The van der Waals surface area contributed by atoms with Crippen molar-refractivity contribution in [3.05, 3.63) is 36.4 Å². The fourth-order valence-corrected chi connectivity index (χ4v) is 2.55. The van der Waals surface area contributed by atoms with Crippen molar-refractivity contribution in [2.24, 2.45) is 0 Å². The number of ether oxygens (including phenoxy) is 3. The van der Waals surface area contributed by atoms with Crippen LogP contribution in [-0.4, -0.2) is 39.2 Å². The number of amides is 2. The van der Waals surface area contributed by atoms with Crippen molar-refractivity contribution < 1.29 is 23.8 Å². The highest BCUT2D eigenvalue weighted by Crippen LogP contribution is 2.30. The van der Waals surface area contributed by atoms with Gasteiger partial charge >= 0.3 is 0 Å². The quantitative estimate of drug-likeness (QED) is 0.644. The highest BCUT2D eigenvalue weighted by molar-refractivity contribution is 5.96. The number of carbonyl (C=O) groups excluding carboxylic acids is 2. The highest BCUT2D eigenvalue weighted by Gasteiger charge is 2.15. The molecule has 1 unspecified atom stereocenters. The molecule has 0 aliphatic heterocycles. The number of rotatable bonds is 8. The fraction of sp³-hybridized carbons (Fsp3) is 0.300. The van der Waals surface area contributed by atoms with E-state index in [9.17, 15) is 9.59 Å². The molecule has 0 fully saturated rings. The van der Waals surface area contributed by atoms with Gasteiger partial charge in [0.1, 0.15) is 11.8 Å². The largest absolute Gasteiger partial charge is 0.494 e. The third-order valence-electron chi connectivity index (χ3n) is 3.94. The van der Waals surface area contributed by atoms with Gasteiger partial charge in [-0.2, -0.15) is 0 Å². The first kappa shape index (κ1) is 20.9. The van der Waals surface area contributed by atoms with Gasteiger partial charge < -0.3 is 30.2 Å². The number of anilines is 3. The van der Waals surface area contributed by atoms with Crippen LogP contribution in [0.15, 0.2) is 36.4 Å². The Morgan fingerprint density at radius 3 is 2.04 bits per heavy atom. The van der Waals surface area contributed by atoms with E-state index >= 15 is 0 Å². The summed E-state index contributed by atoms with van der Waals surface area (Å²) in [6, 6.07) is 9.80. The van der Waals surface area contributed by atoms with Crippen LogP contribution in [0, 0.1) is 0 Å². The zero-order valence-electron chi connectivity index (χ0n) is 16.6. The van der Waals surface area contributed by atoms with Gasteiger partial charge in [0.15, 0.2) is 11.5 Å². The van der Waals surface area contributed by atoms with Gasteiger partial charge in [-0.05, 0) is 31.2 Å². The maximum atomic E-state index is 12.5. The number of hydrogen-bond acceptors (Lipinski definition) is 6. The summed E-state index contributed by atoms with van der Waals surface area (Å²) in [6.45, 7) is 3.16. The summed E-state index contributed by atoms with van der Waals surface area (Å²) < 4.78 is 15.7. The van der Waals surface area contributed by atoms with Crippen molar-refractivity contribution in [1.82, 2.24) is 0 Å². The Kier molecular flexibility index (Phi) is 7.08. The number of carbonyl (C=O) groups is 2. The van der Waals surface area contributed by atoms with Crippen LogP contribution in [0.1, 0.15) is 13.8 Å². The Hall–Kier alpha value is -3.42. The molecular weight excluding hydrogens is 362 g/mol. The molecular formula is C20H25N3O5. The molecule has 0 aliphatic carbocycles. The second-order valence-corrected chi connectivity index (χ2v) is 6.02. The number of hydrogen-bond donors (Lipinski definition) is 3. The molecule has 3 N–H and O–H groups in total. The zero-order chi connectivity index (χ0) is 20.7. The summed E-state index contributed by atoms with van der Waals surface area (Å²) in [5, 5.41) is 8.62. The molecule has 0 saturated heterocycles. The van der Waals surface area contributed by atoms with Gasteiger partial charge in [-0.3, -0.25) is 9.59 Å². The van der Waals surface area contributed by atoms with Crippen LogP contribution >= 0.6 is 0 Å². The van der Waals surface area contributed by atoms with E-state index in [4.69, 9.17) is 14.2 Å². The van der Waals surface area contributed by atoms with Crippen molar-refractivity contribution in [2.45, 2.75) is 19.9 Å². The van der Waals surface area contributed by atoms with E-state index in [2.05, 4.69) is 16.0 Å². The molecule has 0 heterocycles. The Bertz CT molecular complexity index is 854. The SMILES string of the molecule is COc1cc(NC(C)C(=O)Nc2ccc(OC)c(OC)c2)ccc1NC(C)=O. The van der Waals surface area contributed by atoms with E-state index in [1.807, 2.05) is 0 Å². The van der Waals surface area contributed by atoms with Crippen LogP contribution in [0.25, 0.3) is 0 Å². The minimum Gasteiger partial charge on any atom is -0.494 e. The van der Waals surface area contributed by atoms with Gasteiger partial charge in [0.25, 0.3) is 0 Å². The predicted octanol–water partition coefficient (Wildman–Crippen LogP) is 3.11. The van der Waals surface area contributed by atoms with E-state index in [-0.39, 0.29) is 11.8 Å². The predicted molar refractivity (Wildman–Crippen MR) is 109 cm³/mol. The molecule has 28 heavy (non-hydrogen) atoms. The van der Waals surface area contributed by atoms with Crippen molar-refractivity contribution in [3.8, 4) is 17.2 Å². The second kappa shape index (κ2) is 9.50. The summed E-state index contributed by atoms with van der Waals surface area (Å²) >= 11 is 0. The summed E-state index contributed by atoms with van der Waals surface area (Å²) in [5.74, 6) is 1.18. The lowest BCUT2D eigenvalue weighted by atomic mass is 10.2. The molecule has 2 amide bonds. The molecule has 0 saturated carbocycles. The lowest BCUT2D eigenvalue weighted by Gasteiger charge is -2.17. The summed E-state index contributed by atoms with van der Waals surface area (Å²) in [7, 11) is 4.59. The minimum absolute atomic E-state index is 0.193. The first-order valence-electron chi connectivity index (χ1n) is 8.63. The van der Waals surface area contributed by atoms with Crippen LogP contribution in [0.4, 0.5) is 17.1 Å². The van der Waals surface area contributed by atoms with Gasteiger partial charge in [0, 0.05) is 30.4 Å². The van der Waals surface area contributed by atoms with E-state index in [0.717, 1.165) is 0 Å².